The van der Waals surface area contributed by atoms with Gasteiger partial charge < -0.3 is 14.0 Å². The van der Waals surface area contributed by atoms with Crippen LogP contribution in [0.5, 0.6) is 11.5 Å². The standard InChI is InChI=1S/C20H20N4O4S/c1-12(13-4-6-14(7-5-13)29(21,25)26)24-11-23-17-10-22-16-9-19(28-3)18(27-2)8-15(16)20(17)24/h4-12H,1-3H3,(H2,21,25,26). The van der Waals surface area contributed by atoms with Crippen molar-refractivity contribution >= 4 is 32.0 Å². The fourth-order valence-corrected chi connectivity index (χ4v) is 3.95. The summed E-state index contributed by atoms with van der Waals surface area (Å²) in [5.74, 6) is 1.21. The van der Waals surface area contributed by atoms with Crippen LogP contribution in [0, 0.1) is 0 Å². The van der Waals surface area contributed by atoms with Crippen LogP contribution in [0.4, 0.5) is 0 Å². The monoisotopic (exact) mass is 412 g/mol. The highest BCUT2D eigenvalue weighted by atomic mass is 32.2. The number of rotatable bonds is 5. The molecule has 0 fully saturated rings. The van der Waals surface area contributed by atoms with E-state index in [1.165, 1.54) is 12.1 Å². The molecule has 1 unspecified atom stereocenters. The molecule has 1 atom stereocenters. The Morgan fingerprint density at radius 2 is 1.66 bits per heavy atom. The number of ether oxygens (including phenoxy) is 2. The van der Waals surface area contributed by atoms with Crippen LogP contribution in [-0.4, -0.2) is 37.2 Å². The second-order valence-electron chi connectivity index (χ2n) is 6.66. The zero-order chi connectivity index (χ0) is 20.8. The number of aromatic nitrogens is 3. The van der Waals surface area contributed by atoms with Crippen molar-refractivity contribution in [3.8, 4) is 11.5 Å². The third kappa shape index (κ3) is 3.28. The molecule has 0 aliphatic rings. The van der Waals surface area contributed by atoms with Gasteiger partial charge in [-0.15, -0.1) is 0 Å². The fraction of sp³-hybridized carbons (Fsp3) is 0.200. The Balaban J connectivity index is 1.88. The molecule has 0 aliphatic carbocycles. The quantitative estimate of drug-likeness (QED) is 0.540. The van der Waals surface area contributed by atoms with E-state index in [9.17, 15) is 8.42 Å². The first-order valence-corrected chi connectivity index (χ1v) is 10.4. The highest BCUT2D eigenvalue weighted by molar-refractivity contribution is 7.89. The maximum absolute atomic E-state index is 11.5. The fourth-order valence-electron chi connectivity index (χ4n) is 3.43. The summed E-state index contributed by atoms with van der Waals surface area (Å²) < 4.78 is 35.9. The van der Waals surface area contributed by atoms with E-state index in [4.69, 9.17) is 14.6 Å². The molecule has 29 heavy (non-hydrogen) atoms. The van der Waals surface area contributed by atoms with Crippen LogP contribution < -0.4 is 14.6 Å². The van der Waals surface area contributed by atoms with Gasteiger partial charge in [-0.3, -0.25) is 4.98 Å². The Labute approximate surface area is 167 Å². The zero-order valence-corrected chi connectivity index (χ0v) is 17.0. The molecular weight excluding hydrogens is 392 g/mol. The third-order valence-corrected chi connectivity index (χ3v) is 5.94. The SMILES string of the molecule is COc1cc2ncc3ncn(C(C)c4ccc(S(N)(=O)=O)cc4)c3c2cc1OC. The van der Waals surface area contributed by atoms with Gasteiger partial charge in [0.2, 0.25) is 10.0 Å². The first-order valence-electron chi connectivity index (χ1n) is 8.83. The van der Waals surface area contributed by atoms with Crippen LogP contribution in [0.2, 0.25) is 0 Å². The highest BCUT2D eigenvalue weighted by Gasteiger charge is 2.17. The molecule has 9 heteroatoms. The van der Waals surface area contributed by atoms with Crippen LogP contribution in [0.25, 0.3) is 21.9 Å². The molecule has 0 saturated carbocycles. The van der Waals surface area contributed by atoms with Gasteiger partial charge in [0.25, 0.3) is 0 Å². The Hall–Kier alpha value is -3.17. The Morgan fingerprint density at radius 1 is 1.00 bits per heavy atom. The summed E-state index contributed by atoms with van der Waals surface area (Å²) in [5.41, 5.74) is 3.33. The summed E-state index contributed by atoms with van der Waals surface area (Å²) in [6.07, 6.45) is 3.47. The van der Waals surface area contributed by atoms with Crippen molar-refractivity contribution < 1.29 is 17.9 Å². The third-order valence-electron chi connectivity index (χ3n) is 5.01. The van der Waals surface area contributed by atoms with Crippen molar-refractivity contribution in [3.63, 3.8) is 0 Å². The minimum atomic E-state index is -3.73. The van der Waals surface area contributed by atoms with E-state index < -0.39 is 10.0 Å². The van der Waals surface area contributed by atoms with Gasteiger partial charge >= 0.3 is 0 Å². The van der Waals surface area contributed by atoms with Crippen molar-refractivity contribution in [2.75, 3.05) is 14.2 Å². The van der Waals surface area contributed by atoms with Gasteiger partial charge in [-0.25, -0.2) is 18.5 Å². The molecule has 0 bridgehead atoms. The van der Waals surface area contributed by atoms with Crippen LogP contribution in [0.1, 0.15) is 18.5 Å². The van der Waals surface area contributed by atoms with Crippen molar-refractivity contribution in [2.45, 2.75) is 17.9 Å². The molecule has 0 spiro atoms. The van der Waals surface area contributed by atoms with E-state index in [1.54, 1.807) is 38.9 Å². The van der Waals surface area contributed by atoms with Gasteiger partial charge in [0.1, 0.15) is 5.52 Å². The minimum absolute atomic E-state index is 0.0791. The molecular formula is C20H20N4O4S. The number of methoxy groups -OCH3 is 2. The summed E-state index contributed by atoms with van der Waals surface area (Å²) in [7, 11) is -0.559. The Kier molecular flexibility index (Phi) is 4.64. The minimum Gasteiger partial charge on any atom is -0.493 e. The molecule has 0 radical (unpaired) electrons. The number of hydrogen-bond donors (Lipinski definition) is 1. The molecule has 0 aliphatic heterocycles. The summed E-state index contributed by atoms with van der Waals surface area (Å²) in [6.45, 7) is 2.01. The van der Waals surface area contributed by atoms with Crippen molar-refractivity contribution in [1.82, 2.24) is 14.5 Å². The van der Waals surface area contributed by atoms with E-state index in [0.29, 0.717) is 11.5 Å². The summed E-state index contributed by atoms with van der Waals surface area (Å²) in [6, 6.07) is 10.1. The molecule has 2 N–H and O–H groups in total. The molecule has 4 rings (SSSR count). The number of nitrogens with two attached hydrogens (primary N) is 1. The second-order valence-corrected chi connectivity index (χ2v) is 8.22. The first kappa shape index (κ1) is 19.2. The van der Waals surface area contributed by atoms with Crippen molar-refractivity contribution in [3.05, 3.63) is 54.5 Å². The normalized spacial score (nSPS) is 13.0. The van der Waals surface area contributed by atoms with E-state index >= 15 is 0 Å². The Bertz CT molecular complexity index is 1310. The van der Waals surface area contributed by atoms with Crippen LogP contribution in [0.15, 0.2) is 53.8 Å². The van der Waals surface area contributed by atoms with Gasteiger partial charge in [0, 0.05) is 11.5 Å². The topological polar surface area (TPSA) is 109 Å². The van der Waals surface area contributed by atoms with E-state index in [1.807, 2.05) is 23.6 Å². The molecule has 2 aromatic heterocycles. The second kappa shape index (κ2) is 7.02. The number of pyridine rings is 1. The molecule has 4 aromatic rings. The average Bonchev–Trinajstić information content (AvgIpc) is 3.16. The van der Waals surface area contributed by atoms with Gasteiger partial charge in [-0.2, -0.15) is 0 Å². The number of imidazole rings is 1. The highest BCUT2D eigenvalue weighted by Crippen LogP contribution is 2.35. The zero-order valence-electron chi connectivity index (χ0n) is 16.2. The molecule has 0 saturated heterocycles. The molecule has 0 amide bonds. The average molecular weight is 412 g/mol. The van der Waals surface area contributed by atoms with Gasteiger partial charge in [0.05, 0.1) is 48.7 Å². The molecule has 2 heterocycles. The predicted octanol–water partition coefficient (Wildman–Crippen LogP) is 2.86. The summed E-state index contributed by atoms with van der Waals surface area (Å²) in [4.78, 5) is 9.05. The lowest BCUT2D eigenvalue weighted by molar-refractivity contribution is 0.356. The Morgan fingerprint density at radius 3 is 2.28 bits per heavy atom. The lowest BCUT2D eigenvalue weighted by Gasteiger charge is -2.17. The number of benzene rings is 2. The molecule has 2 aromatic carbocycles. The van der Waals surface area contributed by atoms with Gasteiger partial charge in [-0.1, -0.05) is 12.1 Å². The lowest BCUT2D eigenvalue weighted by atomic mass is 10.1. The maximum Gasteiger partial charge on any atom is 0.238 e. The van der Waals surface area contributed by atoms with Crippen LogP contribution >= 0.6 is 0 Å². The number of fused-ring (bicyclic) bond motifs is 3. The predicted molar refractivity (Wildman–Crippen MR) is 110 cm³/mol. The number of hydrogen-bond acceptors (Lipinski definition) is 6. The number of primary sulfonamides is 1. The van der Waals surface area contributed by atoms with Crippen molar-refractivity contribution in [2.24, 2.45) is 5.14 Å². The lowest BCUT2D eigenvalue weighted by Crippen LogP contribution is -2.12. The largest absolute Gasteiger partial charge is 0.493 e. The van der Waals surface area contributed by atoms with E-state index in [0.717, 1.165) is 27.5 Å². The van der Waals surface area contributed by atoms with Gasteiger partial charge in [-0.05, 0) is 30.7 Å². The molecule has 150 valence electrons. The number of sulfonamides is 1. The first-order chi connectivity index (χ1) is 13.8. The van der Waals surface area contributed by atoms with Crippen LogP contribution in [-0.2, 0) is 10.0 Å². The smallest absolute Gasteiger partial charge is 0.238 e. The summed E-state index contributed by atoms with van der Waals surface area (Å²) in [5, 5.41) is 6.07. The van der Waals surface area contributed by atoms with Crippen LogP contribution in [0.3, 0.4) is 0 Å². The van der Waals surface area contributed by atoms with Crippen molar-refractivity contribution in [1.29, 1.82) is 0 Å². The van der Waals surface area contributed by atoms with Gasteiger partial charge in [0.15, 0.2) is 11.5 Å². The summed E-state index contributed by atoms with van der Waals surface area (Å²) >= 11 is 0. The molecule has 8 nitrogen and oxygen atoms in total. The van der Waals surface area contributed by atoms with E-state index in [2.05, 4.69) is 9.97 Å². The maximum atomic E-state index is 11.5. The number of nitrogens with zero attached hydrogens (tertiary/aromatic N) is 3. The van der Waals surface area contributed by atoms with E-state index in [-0.39, 0.29) is 10.9 Å².